The van der Waals surface area contributed by atoms with Gasteiger partial charge < -0.3 is 10.2 Å². The van der Waals surface area contributed by atoms with E-state index in [1.54, 1.807) is 11.8 Å². The van der Waals surface area contributed by atoms with Crippen LogP contribution in [-0.4, -0.2) is 24.9 Å². The molecule has 2 rings (SSSR count). The van der Waals surface area contributed by atoms with Crippen LogP contribution in [0.15, 0.2) is 48.5 Å². The molecule has 0 unspecified atom stereocenters. The van der Waals surface area contributed by atoms with E-state index < -0.39 is 0 Å². The number of carbonyl (C=O) groups is 2. The minimum Gasteiger partial charge on any atom is -0.354 e. The number of nitrogens with one attached hydrogen (secondary N) is 1. The van der Waals surface area contributed by atoms with Gasteiger partial charge in [-0.15, -0.1) is 0 Å². The molecule has 0 saturated heterocycles. The summed E-state index contributed by atoms with van der Waals surface area (Å²) in [6, 6.07) is 15.5. The molecular weight excluding hydrogens is 300 g/mol. The molecule has 2 aromatic carbocycles. The smallest absolute Gasteiger partial charge is 0.224 e. The van der Waals surface area contributed by atoms with Crippen molar-refractivity contribution in [2.45, 2.75) is 27.2 Å². The highest BCUT2D eigenvalue weighted by molar-refractivity contribution is 5.92. The van der Waals surface area contributed by atoms with E-state index in [1.165, 1.54) is 0 Å². The first-order valence-corrected chi connectivity index (χ1v) is 8.14. The summed E-state index contributed by atoms with van der Waals surface area (Å²) < 4.78 is 0. The molecule has 0 aromatic heterocycles. The summed E-state index contributed by atoms with van der Waals surface area (Å²) in [5.41, 5.74) is 4.11. The molecule has 4 nitrogen and oxygen atoms in total. The van der Waals surface area contributed by atoms with Gasteiger partial charge in [-0.3, -0.25) is 9.59 Å². The quantitative estimate of drug-likeness (QED) is 0.888. The van der Waals surface area contributed by atoms with Crippen LogP contribution in [0.3, 0.4) is 0 Å². The van der Waals surface area contributed by atoms with Gasteiger partial charge in [0.2, 0.25) is 11.8 Å². The van der Waals surface area contributed by atoms with Crippen LogP contribution in [0.2, 0.25) is 0 Å². The standard InChI is InChI=1S/C20H24N2O2/c1-15-8-7-11-19(16(15)2)22(17(3)23)13-12-21-20(24)14-18-9-5-4-6-10-18/h4-11H,12-14H2,1-3H3,(H,21,24). The lowest BCUT2D eigenvalue weighted by atomic mass is 10.1. The number of nitrogens with zero attached hydrogens (tertiary/aromatic N) is 1. The van der Waals surface area contributed by atoms with E-state index in [9.17, 15) is 9.59 Å². The summed E-state index contributed by atoms with van der Waals surface area (Å²) in [6.45, 7) is 6.47. The fraction of sp³-hybridized carbons (Fsp3) is 0.300. The van der Waals surface area contributed by atoms with Crippen molar-refractivity contribution >= 4 is 17.5 Å². The number of hydrogen-bond acceptors (Lipinski definition) is 2. The van der Waals surface area contributed by atoms with Crippen LogP contribution in [0.4, 0.5) is 5.69 Å². The molecule has 126 valence electrons. The van der Waals surface area contributed by atoms with E-state index in [2.05, 4.69) is 5.32 Å². The van der Waals surface area contributed by atoms with E-state index >= 15 is 0 Å². The molecule has 0 aliphatic rings. The molecular formula is C20H24N2O2. The molecule has 4 heteroatoms. The van der Waals surface area contributed by atoms with E-state index in [0.29, 0.717) is 19.5 Å². The van der Waals surface area contributed by atoms with Gasteiger partial charge in [0.15, 0.2) is 0 Å². The van der Waals surface area contributed by atoms with Gasteiger partial charge >= 0.3 is 0 Å². The number of hydrogen-bond donors (Lipinski definition) is 1. The van der Waals surface area contributed by atoms with Gasteiger partial charge in [0, 0.05) is 25.7 Å². The zero-order valence-electron chi connectivity index (χ0n) is 14.5. The van der Waals surface area contributed by atoms with Crippen molar-refractivity contribution < 1.29 is 9.59 Å². The number of rotatable bonds is 6. The zero-order chi connectivity index (χ0) is 17.5. The molecule has 0 radical (unpaired) electrons. The molecule has 0 bridgehead atoms. The number of amides is 2. The third-order valence-electron chi connectivity index (χ3n) is 4.11. The topological polar surface area (TPSA) is 49.4 Å². The van der Waals surface area contributed by atoms with Crippen molar-refractivity contribution in [1.29, 1.82) is 0 Å². The van der Waals surface area contributed by atoms with Gasteiger partial charge in [-0.25, -0.2) is 0 Å². The second-order valence-corrected chi connectivity index (χ2v) is 5.90. The Morgan fingerprint density at radius 3 is 2.38 bits per heavy atom. The van der Waals surface area contributed by atoms with E-state index in [1.807, 2.05) is 62.4 Å². The van der Waals surface area contributed by atoms with E-state index in [-0.39, 0.29) is 11.8 Å². The normalized spacial score (nSPS) is 10.3. The van der Waals surface area contributed by atoms with E-state index in [0.717, 1.165) is 22.4 Å². The Morgan fingerprint density at radius 1 is 1.00 bits per heavy atom. The van der Waals surface area contributed by atoms with Crippen LogP contribution in [-0.2, 0) is 16.0 Å². The molecule has 0 atom stereocenters. The van der Waals surface area contributed by atoms with Crippen LogP contribution >= 0.6 is 0 Å². The Kier molecular flexibility index (Phi) is 6.13. The highest BCUT2D eigenvalue weighted by atomic mass is 16.2. The van der Waals surface area contributed by atoms with Crippen molar-refractivity contribution in [3.63, 3.8) is 0 Å². The summed E-state index contributed by atoms with van der Waals surface area (Å²) >= 11 is 0. The van der Waals surface area contributed by atoms with Crippen LogP contribution < -0.4 is 10.2 Å². The lowest BCUT2D eigenvalue weighted by Gasteiger charge is -2.24. The maximum Gasteiger partial charge on any atom is 0.224 e. The predicted molar refractivity (Wildman–Crippen MR) is 97.1 cm³/mol. The Labute approximate surface area is 143 Å². The summed E-state index contributed by atoms with van der Waals surface area (Å²) in [4.78, 5) is 25.7. The van der Waals surface area contributed by atoms with Crippen molar-refractivity contribution in [3.8, 4) is 0 Å². The number of aryl methyl sites for hydroxylation is 1. The third-order valence-corrected chi connectivity index (χ3v) is 4.11. The predicted octanol–water partition coefficient (Wildman–Crippen LogP) is 3.02. The maximum atomic E-state index is 12.0. The molecule has 2 aromatic rings. The molecule has 0 spiro atoms. The van der Waals surface area contributed by atoms with Gasteiger partial charge in [-0.2, -0.15) is 0 Å². The molecule has 0 heterocycles. The van der Waals surface area contributed by atoms with Crippen LogP contribution in [0.1, 0.15) is 23.6 Å². The van der Waals surface area contributed by atoms with Gasteiger partial charge in [-0.1, -0.05) is 42.5 Å². The third kappa shape index (κ3) is 4.69. The van der Waals surface area contributed by atoms with Gasteiger partial charge in [-0.05, 0) is 36.6 Å². The molecule has 2 amide bonds. The first-order chi connectivity index (χ1) is 11.5. The van der Waals surface area contributed by atoms with Crippen molar-refractivity contribution in [1.82, 2.24) is 5.32 Å². The SMILES string of the molecule is CC(=O)N(CCNC(=O)Cc1ccccc1)c1cccc(C)c1C. The molecule has 1 N–H and O–H groups in total. The van der Waals surface area contributed by atoms with Gasteiger partial charge in [0.05, 0.1) is 6.42 Å². The largest absolute Gasteiger partial charge is 0.354 e. The number of anilines is 1. The van der Waals surface area contributed by atoms with E-state index in [4.69, 9.17) is 0 Å². The van der Waals surface area contributed by atoms with Crippen LogP contribution in [0.25, 0.3) is 0 Å². The van der Waals surface area contributed by atoms with Crippen molar-refractivity contribution in [2.75, 3.05) is 18.0 Å². The molecule has 0 aliphatic carbocycles. The minimum atomic E-state index is -0.0364. The zero-order valence-corrected chi connectivity index (χ0v) is 14.5. The average molecular weight is 324 g/mol. The Bertz CT molecular complexity index is 711. The molecule has 0 fully saturated rings. The monoisotopic (exact) mass is 324 g/mol. The highest BCUT2D eigenvalue weighted by Crippen LogP contribution is 2.22. The second-order valence-electron chi connectivity index (χ2n) is 5.90. The molecule has 0 saturated carbocycles. The number of benzene rings is 2. The average Bonchev–Trinajstić information content (AvgIpc) is 2.55. The van der Waals surface area contributed by atoms with Gasteiger partial charge in [0.1, 0.15) is 0 Å². The summed E-state index contributed by atoms with van der Waals surface area (Å²) in [5, 5.41) is 2.89. The second kappa shape index (κ2) is 8.29. The Hall–Kier alpha value is -2.62. The first kappa shape index (κ1) is 17.7. The molecule has 0 aliphatic heterocycles. The Morgan fingerprint density at radius 2 is 1.71 bits per heavy atom. The first-order valence-electron chi connectivity index (χ1n) is 8.14. The summed E-state index contributed by atoms with van der Waals surface area (Å²) in [6.07, 6.45) is 0.352. The van der Waals surface area contributed by atoms with Crippen molar-refractivity contribution in [2.24, 2.45) is 0 Å². The van der Waals surface area contributed by atoms with Crippen LogP contribution in [0.5, 0.6) is 0 Å². The minimum absolute atomic E-state index is 0.0268. The Balaban J connectivity index is 1.94. The molecule has 24 heavy (non-hydrogen) atoms. The lowest BCUT2D eigenvalue weighted by Crippen LogP contribution is -2.38. The highest BCUT2D eigenvalue weighted by Gasteiger charge is 2.14. The summed E-state index contributed by atoms with van der Waals surface area (Å²) in [7, 11) is 0. The van der Waals surface area contributed by atoms with Crippen molar-refractivity contribution in [3.05, 3.63) is 65.2 Å². The number of carbonyl (C=O) groups excluding carboxylic acids is 2. The van der Waals surface area contributed by atoms with Gasteiger partial charge in [0.25, 0.3) is 0 Å². The summed E-state index contributed by atoms with van der Waals surface area (Å²) in [5.74, 6) is -0.0633. The fourth-order valence-corrected chi connectivity index (χ4v) is 2.63. The lowest BCUT2D eigenvalue weighted by molar-refractivity contribution is -0.121. The van der Waals surface area contributed by atoms with Crippen LogP contribution in [0, 0.1) is 13.8 Å². The fourth-order valence-electron chi connectivity index (χ4n) is 2.63. The maximum absolute atomic E-state index is 12.0.